The van der Waals surface area contributed by atoms with Crippen molar-refractivity contribution in [2.45, 2.75) is 6.92 Å². The van der Waals surface area contributed by atoms with Gasteiger partial charge in [0.1, 0.15) is 9.71 Å². The van der Waals surface area contributed by atoms with Crippen molar-refractivity contribution in [1.29, 1.82) is 0 Å². The van der Waals surface area contributed by atoms with Gasteiger partial charge < -0.3 is 20.5 Å². The highest BCUT2D eigenvalue weighted by Gasteiger charge is 2.27. The normalized spacial score (nSPS) is 10.8. The van der Waals surface area contributed by atoms with Gasteiger partial charge in [-0.05, 0) is 36.8 Å². The molecule has 8 heteroatoms. The summed E-state index contributed by atoms with van der Waals surface area (Å²) in [4.78, 5) is 32.8. The van der Waals surface area contributed by atoms with Gasteiger partial charge in [-0.3, -0.25) is 9.59 Å². The summed E-state index contributed by atoms with van der Waals surface area (Å²) in [5.74, 6) is 0.509. The lowest BCUT2D eigenvalue weighted by molar-refractivity contribution is 0.102. The number of hydrogen-bond acceptors (Lipinski definition) is 7. The lowest BCUT2D eigenvalue weighted by Gasteiger charge is -2.16. The van der Waals surface area contributed by atoms with Crippen molar-refractivity contribution in [2.24, 2.45) is 0 Å². The number of nitrogen functional groups attached to an aromatic ring is 1. The zero-order chi connectivity index (χ0) is 26.8. The summed E-state index contributed by atoms with van der Waals surface area (Å²) in [5.41, 5.74) is 10.3. The minimum absolute atomic E-state index is 0.197. The average molecular weight is 524 g/mol. The SMILES string of the molecule is COc1ccc(-c2c(C(=O)Nc3ccccc3)c(C)nc3sc(C(=O)c4ccccc4)c(N)c23)cc1OC. The number of nitrogens with one attached hydrogen (secondary N) is 1. The minimum atomic E-state index is -0.338. The number of benzene rings is 3. The molecule has 0 unspecified atom stereocenters. The molecule has 0 atom stereocenters. The Hall–Kier alpha value is -4.69. The molecule has 7 nitrogen and oxygen atoms in total. The zero-order valence-electron chi connectivity index (χ0n) is 21.1. The van der Waals surface area contributed by atoms with Crippen molar-refractivity contribution in [1.82, 2.24) is 4.98 Å². The Labute approximate surface area is 223 Å². The van der Waals surface area contributed by atoms with E-state index in [9.17, 15) is 9.59 Å². The molecule has 0 saturated carbocycles. The van der Waals surface area contributed by atoms with E-state index in [-0.39, 0.29) is 17.4 Å². The number of nitrogens with two attached hydrogens (primary N) is 1. The van der Waals surface area contributed by atoms with E-state index in [1.54, 1.807) is 57.5 Å². The molecule has 38 heavy (non-hydrogen) atoms. The van der Waals surface area contributed by atoms with Crippen LogP contribution in [0.4, 0.5) is 11.4 Å². The second-order valence-electron chi connectivity index (χ2n) is 8.56. The van der Waals surface area contributed by atoms with Gasteiger partial charge in [0.2, 0.25) is 5.78 Å². The Morgan fingerprint density at radius 1 is 0.895 bits per heavy atom. The Morgan fingerprint density at radius 2 is 1.55 bits per heavy atom. The molecule has 0 aliphatic rings. The molecule has 1 amide bonds. The summed E-state index contributed by atoms with van der Waals surface area (Å²) in [6, 6.07) is 23.5. The predicted octanol–water partition coefficient (Wildman–Crippen LogP) is 6.35. The second-order valence-corrected chi connectivity index (χ2v) is 9.56. The molecular weight excluding hydrogens is 498 g/mol. The number of thiophene rings is 1. The largest absolute Gasteiger partial charge is 0.493 e. The molecule has 2 aromatic heterocycles. The fourth-order valence-electron chi connectivity index (χ4n) is 4.43. The van der Waals surface area contributed by atoms with E-state index in [2.05, 4.69) is 5.32 Å². The third-order valence-corrected chi connectivity index (χ3v) is 7.33. The highest BCUT2D eigenvalue weighted by Crippen LogP contribution is 2.44. The number of methoxy groups -OCH3 is 2. The standard InChI is InChI=1S/C30H25N3O4S/c1-17-23(29(35)33-20-12-8-5-9-13-20)24(19-14-15-21(36-2)22(16-19)37-3)25-26(31)28(38-30(25)32-17)27(34)18-10-6-4-7-11-18/h4-16H,31H2,1-3H3,(H,33,35). The molecule has 190 valence electrons. The van der Waals surface area contributed by atoms with E-state index in [0.29, 0.717) is 60.2 Å². The molecule has 0 fully saturated rings. The number of anilines is 2. The number of carbonyl (C=O) groups excluding carboxylic acids is 2. The highest BCUT2D eigenvalue weighted by atomic mass is 32.1. The third kappa shape index (κ3) is 4.46. The third-order valence-electron chi connectivity index (χ3n) is 6.23. The highest BCUT2D eigenvalue weighted by molar-refractivity contribution is 7.21. The van der Waals surface area contributed by atoms with E-state index in [1.165, 1.54) is 11.3 Å². The minimum Gasteiger partial charge on any atom is -0.493 e. The van der Waals surface area contributed by atoms with Crippen LogP contribution in [0.2, 0.25) is 0 Å². The van der Waals surface area contributed by atoms with Crippen LogP contribution < -0.4 is 20.5 Å². The molecule has 2 heterocycles. The van der Waals surface area contributed by atoms with E-state index in [1.807, 2.05) is 42.5 Å². The number of ether oxygens (including phenoxy) is 2. The maximum Gasteiger partial charge on any atom is 0.258 e. The Balaban J connectivity index is 1.78. The molecule has 5 rings (SSSR count). The van der Waals surface area contributed by atoms with E-state index in [0.717, 1.165) is 0 Å². The fourth-order valence-corrected chi connectivity index (χ4v) is 5.54. The number of carbonyl (C=O) groups is 2. The van der Waals surface area contributed by atoms with Crippen LogP contribution in [0.25, 0.3) is 21.3 Å². The molecule has 3 aromatic carbocycles. The number of rotatable bonds is 7. The summed E-state index contributed by atoms with van der Waals surface area (Å²) >= 11 is 1.22. The molecule has 0 aliphatic heterocycles. The van der Waals surface area contributed by atoms with E-state index >= 15 is 0 Å². The molecular formula is C30H25N3O4S. The molecule has 0 spiro atoms. The van der Waals surface area contributed by atoms with Gasteiger partial charge in [0.05, 0.1) is 31.2 Å². The molecule has 0 saturated heterocycles. The lowest BCUT2D eigenvalue weighted by Crippen LogP contribution is -2.16. The predicted molar refractivity (Wildman–Crippen MR) is 152 cm³/mol. The Morgan fingerprint density at radius 3 is 2.21 bits per heavy atom. The molecule has 0 bridgehead atoms. The van der Waals surface area contributed by atoms with Gasteiger partial charge in [0.15, 0.2) is 11.5 Å². The fraction of sp³-hybridized carbons (Fsp3) is 0.100. The number of nitrogens with zero attached hydrogens (tertiary/aromatic N) is 1. The molecule has 0 radical (unpaired) electrons. The number of ketones is 1. The first kappa shape index (κ1) is 25.0. The number of aryl methyl sites for hydroxylation is 1. The lowest BCUT2D eigenvalue weighted by atomic mass is 9.94. The average Bonchev–Trinajstić information content (AvgIpc) is 3.27. The van der Waals surface area contributed by atoms with Crippen LogP contribution in [0.1, 0.15) is 31.3 Å². The smallest absolute Gasteiger partial charge is 0.258 e. The van der Waals surface area contributed by atoms with Gasteiger partial charge in [0, 0.05) is 22.2 Å². The molecule has 0 aliphatic carbocycles. The van der Waals surface area contributed by atoms with Crippen molar-refractivity contribution in [2.75, 3.05) is 25.3 Å². The van der Waals surface area contributed by atoms with Gasteiger partial charge in [-0.1, -0.05) is 54.6 Å². The van der Waals surface area contributed by atoms with Gasteiger partial charge in [0.25, 0.3) is 5.91 Å². The second kappa shape index (κ2) is 10.4. The summed E-state index contributed by atoms with van der Waals surface area (Å²) in [6.07, 6.45) is 0. The summed E-state index contributed by atoms with van der Waals surface area (Å²) < 4.78 is 11.0. The first-order valence-electron chi connectivity index (χ1n) is 11.8. The zero-order valence-corrected chi connectivity index (χ0v) is 21.9. The van der Waals surface area contributed by atoms with E-state index in [4.69, 9.17) is 20.2 Å². The number of amides is 1. The monoisotopic (exact) mass is 523 g/mol. The summed E-state index contributed by atoms with van der Waals surface area (Å²) in [7, 11) is 3.11. The van der Waals surface area contributed by atoms with Gasteiger partial charge in [-0.2, -0.15) is 0 Å². The van der Waals surface area contributed by atoms with Crippen LogP contribution in [0.3, 0.4) is 0 Å². The van der Waals surface area contributed by atoms with Crippen LogP contribution in [0, 0.1) is 6.92 Å². The molecule has 3 N–H and O–H groups in total. The molecule has 5 aromatic rings. The number of para-hydroxylation sites is 1. The van der Waals surface area contributed by atoms with Crippen LogP contribution in [-0.4, -0.2) is 30.9 Å². The van der Waals surface area contributed by atoms with Gasteiger partial charge in [-0.15, -0.1) is 11.3 Å². The topological polar surface area (TPSA) is 104 Å². The Bertz CT molecular complexity index is 1660. The van der Waals surface area contributed by atoms with Crippen LogP contribution in [0.15, 0.2) is 78.9 Å². The van der Waals surface area contributed by atoms with Gasteiger partial charge >= 0.3 is 0 Å². The van der Waals surface area contributed by atoms with Crippen LogP contribution in [0.5, 0.6) is 11.5 Å². The Kier molecular flexibility index (Phi) is 6.81. The first-order chi connectivity index (χ1) is 18.4. The summed E-state index contributed by atoms with van der Waals surface area (Å²) in [5, 5.41) is 3.51. The van der Waals surface area contributed by atoms with Crippen molar-refractivity contribution >= 4 is 44.6 Å². The van der Waals surface area contributed by atoms with Crippen molar-refractivity contribution in [3.05, 3.63) is 101 Å². The summed E-state index contributed by atoms with van der Waals surface area (Å²) in [6.45, 7) is 1.78. The number of aromatic nitrogens is 1. The number of fused-ring (bicyclic) bond motifs is 1. The van der Waals surface area contributed by atoms with Crippen molar-refractivity contribution in [3.63, 3.8) is 0 Å². The van der Waals surface area contributed by atoms with E-state index < -0.39 is 0 Å². The van der Waals surface area contributed by atoms with Crippen molar-refractivity contribution in [3.8, 4) is 22.6 Å². The maximum absolute atomic E-state index is 13.7. The maximum atomic E-state index is 13.7. The number of hydrogen-bond donors (Lipinski definition) is 2. The van der Waals surface area contributed by atoms with Crippen LogP contribution >= 0.6 is 11.3 Å². The van der Waals surface area contributed by atoms with Gasteiger partial charge in [-0.25, -0.2) is 4.98 Å². The van der Waals surface area contributed by atoms with Crippen LogP contribution in [-0.2, 0) is 0 Å². The number of pyridine rings is 1. The quantitative estimate of drug-likeness (QED) is 0.241. The first-order valence-corrected chi connectivity index (χ1v) is 12.7. The van der Waals surface area contributed by atoms with Crippen molar-refractivity contribution < 1.29 is 19.1 Å².